The Morgan fingerprint density at radius 1 is 1.23 bits per heavy atom. The lowest BCUT2D eigenvalue weighted by atomic mass is 9.96. The number of fused-ring (bicyclic) bond motifs is 1. The zero-order valence-corrected chi connectivity index (χ0v) is 17.2. The van der Waals surface area contributed by atoms with Gasteiger partial charge in [-0.1, -0.05) is 12.1 Å². The van der Waals surface area contributed by atoms with E-state index in [1.165, 1.54) is 0 Å². The number of hydrogen-bond acceptors (Lipinski definition) is 6. The highest BCUT2D eigenvalue weighted by Gasteiger charge is 2.40. The molecule has 2 aliphatic heterocycles. The number of benzene rings is 2. The van der Waals surface area contributed by atoms with Gasteiger partial charge in [0.1, 0.15) is 0 Å². The molecule has 1 saturated heterocycles. The Labute approximate surface area is 175 Å². The van der Waals surface area contributed by atoms with Gasteiger partial charge in [0, 0.05) is 30.2 Å². The van der Waals surface area contributed by atoms with Crippen LogP contribution in [0.15, 0.2) is 36.4 Å². The summed E-state index contributed by atoms with van der Waals surface area (Å²) in [6.45, 7) is 3.72. The second-order valence-electron chi connectivity index (χ2n) is 7.30. The molecule has 158 valence electrons. The van der Waals surface area contributed by atoms with Crippen molar-refractivity contribution in [3.63, 3.8) is 0 Å². The molecule has 4 rings (SSSR count). The highest BCUT2D eigenvalue weighted by molar-refractivity contribution is 6.35. The van der Waals surface area contributed by atoms with Crippen molar-refractivity contribution in [3.8, 4) is 11.5 Å². The van der Waals surface area contributed by atoms with Gasteiger partial charge < -0.3 is 30.0 Å². The molecule has 0 aromatic heterocycles. The first kappa shape index (κ1) is 20.4. The molecule has 1 amide bonds. The van der Waals surface area contributed by atoms with E-state index in [2.05, 4.69) is 0 Å². The minimum Gasteiger partial charge on any atom is -0.504 e. The van der Waals surface area contributed by atoms with Crippen molar-refractivity contribution in [2.45, 2.75) is 19.1 Å². The van der Waals surface area contributed by atoms with Gasteiger partial charge in [-0.25, -0.2) is 0 Å². The maximum atomic E-state index is 13.0. The maximum Gasteiger partial charge on any atom is 0.258 e. The fourth-order valence-electron chi connectivity index (χ4n) is 3.98. The van der Waals surface area contributed by atoms with Gasteiger partial charge in [0.15, 0.2) is 17.3 Å². The Hall–Kier alpha value is -2.87. The number of likely N-dealkylation sites (N-methyl/N-ethyl adjacent to an activating group) is 1. The van der Waals surface area contributed by atoms with Gasteiger partial charge in [0.05, 0.1) is 25.5 Å². The maximum absolute atomic E-state index is 13.0. The summed E-state index contributed by atoms with van der Waals surface area (Å²) in [6, 6.07) is 10.8. The molecule has 0 saturated carbocycles. The fourth-order valence-corrected chi connectivity index (χ4v) is 3.98. The summed E-state index contributed by atoms with van der Waals surface area (Å²) >= 11 is 0. The van der Waals surface area contributed by atoms with E-state index in [1.807, 2.05) is 31.2 Å². The molecule has 1 fully saturated rings. The van der Waals surface area contributed by atoms with Crippen LogP contribution in [0.25, 0.3) is 11.6 Å². The van der Waals surface area contributed by atoms with Gasteiger partial charge in [0.2, 0.25) is 0 Å². The standard InChI is InChI=1S/C23H26N2O5/c1-3-28-21-13-15(4-7-20(21)26)12-18-17-14-16(5-6-19(17)25(2)22(18)27)23(8-9-24)29-10-11-30-23/h4-7,12-14,26H,3,8-11,24H2,1-2H3/b18-12-. The average Bonchev–Trinajstić information content (AvgIpc) is 3.31. The van der Waals surface area contributed by atoms with Gasteiger partial charge in [-0.3, -0.25) is 4.79 Å². The third-order valence-electron chi connectivity index (χ3n) is 5.44. The quantitative estimate of drug-likeness (QED) is 0.712. The number of rotatable bonds is 6. The van der Waals surface area contributed by atoms with Crippen molar-refractivity contribution >= 4 is 23.2 Å². The molecule has 3 N–H and O–H groups in total. The summed E-state index contributed by atoms with van der Waals surface area (Å²) in [4.78, 5) is 14.6. The van der Waals surface area contributed by atoms with Crippen molar-refractivity contribution in [3.05, 3.63) is 53.1 Å². The molecular weight excluding hydrogens is 384 g/mol. The summed E-state index contributed by atoms with van der Waals surface area (Å²) in [6.07, 6.45) is 2.34. The van der Waals surface area contributed by atoms with Crippen LogP contribution >= 0.6 is 0 Å². The Morgan fingerprint density at radius 3 is 2.70 bits per heavy atom. The lowest BCUT2D eigenvalue weighted by molar-refractivity contribution is -0.168. The molecule has 0 radical (unpaired) electrons. The number of ether oxygens (including phenoxy) is 3. The van der Waals surface area contributed by atoms with E-state index in [0.29, 0.717) is 44.1 Å². The number of phenolic OH excluding ortho intramolecular Hbond substituents is 1. The first-order chi connectivity index (χ1) is 14.5. The van der Waals surface area contributed by atoms with Crippen molar-refractivity contribution in [2.24, 2.45) is 5.73 Å². The van der Waals surface area contributed by atoms with Gasteiger partial charge >= 0.3 is 0 Å². The topological polar surface area (TPSA) is 94.3 Å². The molecule has 2 aliphatic rings. The molecule has 2 aromatic rings. The molecule has 0 bridgehead atoms. The minimum absolute atomic E-state index is 0.0656. The number of anilines is 1. The third kappa shape index (κ3) is 3.45. The van der Waals surface area contributed by atoms with Gasteiger partial charge in [-0.05, 0) is 49.4 Å². The predicted molar refractivity (Wildman–Crippen MR) is 114 cm³/mol. The SMILES string of the molecule is CCOc1cc(/C=C2\C(=O)N(C)c3ccc(C4(CCN)OCCO4)cc32)ccc1O. The summed E-state index contributed by atoms with van der Waals surface area (Å²) < 4.78 is 17.3. The number of nitrogens with two attached hydrogens (primary N) is 1. The lowest BCUT2D eigenvalue weighted by Gasteiger charge is -2.28. The number of amides is 1. The van der Waals surface area contributed by atoms with Crippen LogP contribution in [-0.4, -0.2) is 44.4 Å². The summed E-state index contributed by atoms with van der Waals surface area (Å²) in [5, 5.41) is 9.96. The van der Waals surface area contributed by atoms with Crippen molar-refractivity contribution < 1.29 is 24.1 Å². The van der Waals surface area contributed by atoms with Crippen LogP contribution in [-0.2, 0) is 20.1 Å². The molecule has 30 heavy (non-hydrogen) atoms. The van der Waals surface area contributed by atoms with Gasteiger partial charge in [-0.2, -0.15) is 0 Å². The molecule has 7 nitrogen and oxygen atoms in total. The Balaban J connectivity index is 1.78. The monoisotopic (exact) mass is 410 g/mol. The molecular formula is C23H26N2O5. The van der Waals surface area contributed by atoms with Crippen LogP contribution in [0.1, 0.15) is 30.0 Å². The Morgan fingerprint density at radius 2 is 2.00 bits per heavy atom. The van der Waals surface area contributed by atoms with Gasteiger partial charge in [0.25, 0.3) is 5.91 Å². The largest absolute Gasteiger partial charge is 0.504 e. The zero-order valence-electron chi connectivity index (χ0n) is 17.2. The highest BCUT2D eigenvalue weighted by atomic mass is 16.7. The van der Waals surface area contributed by atoms with Crippen LogP contribution in [0.3, 0.4) is 0 Å². The highest BCUT2D eigenvalue weighted by Crippen LogP contribution is 2.42. The Bertz CT molecular complexity index is 995. The first-order valence-corrected chi connectivity index (χ1v) is 10.1. The number of hydrogen-bond donors (Lipinski definition) is 2. The van der Waals surface area contributed by atoms with Crippen LogP contribution in [0.5, 0.6) is 11.5 Å². The van der Waals surface area contributed by atoms with Crippen LogP contribution in [0.2, 0.25) is 0 Å². The Kier molecular flexibility index (Phi) is 5.51. The molecule has 0 aliphatic carbocycles. The molecule has 7 heteroatoms. The number of nitrogens with zero attached hydrogens (tertiary/aromatic N) is 1. The first-order valence-electron chi connectivity index (χ1n) is 10.1. The number of phenols is 1. The zero-order chi connectivity index (χ0) is 21.3. The summed E-state index contributed by atoms with van der Waals surface area (Å²) in [5.74, 6) is -0.529. The molecule has 0 spiro atoms. The van der Waals surface area contributed by atoms with Crippen molar-refractivity contribution in [1.29, 1.82) is 0 Å². The minimum atomic E-state index is -0.875. The molecule has 0 atom stereocenters. The summed E-state index contributed by atoms with van der Waals surface area (Å²) in [5.41, 5.74) is 9.59. The normalized spacial score (nSPS) is 18.8. The molecule has 0 unspecified atom stereocenters. The fraction of sp³-hybridized carbons (Fsp3) is 0.348. The number of aromatic hydroxyl groups is 1. The summed E-state index contributed by atoms with van der Waals surface area (Å²) in [7, 11) is 1.75. The second-order valence-corrected chi connectivity index (χ2v) is 7.30. The van der Waals surface area contributed by atoms with E-state index in [4.69, 9.17) is 19.9 Å². The van der Waals surface area contributed by atoms with Crippen molar-refractivity contribution in [2.75, 3.05) is 38.3 Å². The van der Waals surface area contributed by atoms with E-state index in [1.54, 1.807) is 30.1 Å². The predicted octanol–water partition coefficient (Wildman–Crippen LogP) is 2.86. The van der Waals surface area contributed by atoms with E-state index in [0.717, 1.165) is 22.4 Å². The van der Waals surface area contributed by atoms with E-state index in [-0.39, 0.29) is 11.7 Å². The smallest absolute Gasteiger partial charge is 0.258 e. The van der Waals surface area contributed by atoms with Crippen molar-refractivity contribution in [1.82, 2.24) is 0 Å². The van der Waals surface area contributed by atoms with Crippen LogP contribution in [0.4, 0.5) is 5.69 Å². The molecule has 2 aromatic carbocycles. The van der Waals surface area contributed by atoms with Gasteiger partial charge in [-0.15, -0.1) is 0 Å². The number of carbonyl (C=O) groups excluding carboxylic acids is 1. The lowest BCUT2D eigenvalue weighted by Crippen LogP contribution is -2.30. The van der Waals surface area contributed by atoms with E-state index < -0.39 is 5.79 Å². The second kappa shape index (κ2) is 8.10. The third-order valence-corrected chi connectivity index (χ3v) is 5.44. The van der Waals surface area contributed by atoms with Crippen LogP contribution in [0, 0.1) is 0 Å². The van der Waals surface area contributed by atoms with Crippen LogP contribution < -0.4 is 15.4 Å². The number of carbonyl (C=O) groups is 1. The van der Waals surface area contributed by atoms with E-state index in [9.17, 15) is 9.90 Å². The molecule has 2 heterocycles. The van der Waals surface area contributed by atoms with E-state index >= 15 is 0 Å². The average molecular weight is 410 g/mol.